The van der Waals surface area contributed by atoms with E-state index in [0.29, 0.717) is 13.0 Å². The number of rotatable bonds is 4. The molecular weight excluding hydrogens is 212 g/mol. The van der Waals surface area contributed by atoms with Crippen LogP contribution in [-0.2, 0) is 13.0 Å². The minimum atomic E-state index is -0.0897. The summed E-state index contributed by atoms with van der Waals surface area (Å²) in [6.45, 7) is 8.34. The van der Waals surface area contributed by atoms with Crippen LogP contribution >= 0.6 is 11.6 Å². The molecule has 0 fully saturated rings. The summed E-state index contributed by atoms with van der Waals surface area (Å²) in [6, 6.07) is 1.35. The molecule has 0 amide bonds. The average Bonchev–Trinajstić information content (AvgIpc) is 2.14. The number of aromatic nitrogens is 2. The van der Waals surface area contributed by atoms with Gasteiger partial charge in [0.25, 0.3) is 5.56 Å². The summed E-state index contributed by atoms with van der Waals surface area (Å²) in [5.74, 6) is 0.730. The minimum Gasteiger partial charge on any atom is -0.296 e. The van der Waals surface area contributed by atoms with Crippen molar-refractivity contribution in [2.45, 2.75) is 33.2 Å². The molecular formula is C11H15ClN2O. The van der Waals surface area contributed by atoms with Gasteiger partial charge in [0.15, 0.2) is 0 Å². The largest absolute Gasteiger partial charge is 0.296 e. The molecule has 0 aliphatic carbocycles. The Morgan fingerprint density at radius 3 is 2.87 bits per heavy atom. The lowest BCUT2D eigenvalue weighted by molar-refractivity contribution is 0.611. The van der Waals surface area contributed by atoms with E-state index in [2.05, 4.69) is 11.6 Å². The standard InChI is InChI=1S/C11H15ClN2O/c1-4-10-13-9(12)7-11(15)14(10)6-5-8(2)3/h7H,2,4-6H2,1,3H3. The van der Waals surface area contributed by atoms with Crippen molar-refractivity contribution in [2.75, 3.05) is 0 Å². The van der Waals surface area contributed by atoms with E-state index in [1.807, 2.05) is 13.8 Å². The van der Waals surface area contributed by atoms with Crippen LogP contribution in [0.4, 0.5) is 0 Å². The normalized spacial score (nSPS) is 10.3. The molecule has 3 nitrogen and oxygen atoms in total. The molecule has 0 radical (unpaired) electrons. The predicted octanol–water partition coefficient (Wildman–Crippen LogP) is 2.43. The Bertz CT molecular complexity index is 423. The van der Waals surface area contributed by atoms with Gasteiger partial charge in [-0.05, 0) is 13.3 Å². The first kappa shape index (κ1) is 12.0. The lowest BCUT2D eigenvalue weighted by Crippen LogP contribution is -2.24. The maximum Gasteiger partial charge on any atom is 0.254 e. The quantitative estimate of drug-likeness (QED) is 0.584. The van der Waals surface area contributed by atoms with Gasteiger partial charge in [0.05, 0.1) is 0 Å². The number of allylic oxidation sites excluding steroid dienone is 1. The predicted molar refractivity (Wildman–Crippen MR) is 62.3 cm³/mol. The fraction of sp³-hybridized carbons (Fsp3) is 0.455. The first-order chi connectivity index (χ1) is 7.04. The van der Waals surface area contributed by atoms with E-state index in [-0.39, 0.29) is 10.7 Å². The van der Waals surface area contributed by atoms with E-state index < -0.39 is 0 Å². The first-order valence-corrected chi connectivity index (χ1v) is 5.33. The Kier molecular flexibility index (Phi) is 4.09. The molecule has 0 aromatic carbocycles. The van der Waals surface area contributed by atoms with Crippen LogP contribution in [0.2, 0.25) is 5.15 Å². The van der Waals surface area contributed by atoms with Gasteiger partial charge in [-0.1, -0.05) is 24.1 Å². The molecule has 1 rings (SSSR count). The summed E-state index contributed by atoms with van der Waals surface area (Å²) in [4.78, 5) is 15.8. The van der Waals surface area contributed by atoms with Crippen molar-refractivity contribution < 1.29 is 0 Å². The summed E-state index contributed by atoms with van der Waals surface area (Å²) < 4.78 is 1.65. The Morgan fingerprint density at radius 2 is 2.33 bits per heavy atom. The van der Waals surface area contributed by atoms with E-state index in [1.165, 1.54) is 6.07 Å². The van der Waals surface area contributed by atoms with Crippen molar-refractivity contribution in [3.8, 4) is 0 Å². The lowest BCUT2D eigenvalue weighted by atomic mass is 10.2. The number of halogens is 1. The fourth-order valence-corrected chi connectivity index (χ4v) is 1.53. The third kappa shape index (κ3) is 3.20. The second kappa shape index (κ2) is 5.12. The highest BCUT2D eigenvalue weighted by Gasteiger charge is 2.05. The van der Waals surface area contributed by atoms with Gasteiger partial charge >= 0.3 is 0 Å². The maximum absolute atomic E-state index is 11.6. The molecule has 1 aromatic rings. The van der Waals surface area contributed by atoms with Crippen LogP contribution in [-0.4, -0.2) is 9.55 Å². The second-order valence-corrected chi connectivity index (χ2v) is 3.93. The lowest BCUT2D eigenvalue weighted by Gasteiger charge is -2.10. The third-order valence-corrected chi connectivity index (χ3v) is 2.33. The Hall–Kier alpha value is -1.09. The second-order valence-electron chi connectivity index (χ2n) is 3.55. The van der Waals surface area contributed by atoms with Crippen molar-refractivity contribution in [2.24, 2.45) is 0 Å². The average molecular weight is 227 g/mol. The van der Waals surface area contributed by atoms with E-state index in [0.717, 1.165) is 17.8 Å². The van der Waals surface area contributed by atoms with Gasteiger partial charge in [-0.3, -0.25) is 9.36 Å². The zero-order chi connectivity index (χ0) is 11.4. The SMILES string of the molecule is C=C(C)CCn1c(CC)nc(Cl)cc1=O. The topological polar surface area (TPSA) is 34.9 Å². The summed E-state index contributed by atoms with van der Waals surface area (Å²) in [6.07, 6.45) is 1.49. The third-order valence-electron chi connectivity index (χ3n) is 2.13. The highest BCUT2D eigenvalue weighted by Crippen LogP contribution is 2.05. The highest BCUT2D eigenvalue weighted by atomic mass is 35.5. The van der Waals surface area contributed by atoms with Crippen LogP contribution in [0.1, 0.15) is 26.1 Å². The monoisotopic (exact) mass is 226 g/mol. The number of hydrogen-bond acceptors (Lipinski definition) is 2. The molecule has 82 valence electrons. The van der Waals surface area contributed by atoms with Gasteiger partial charge < -0.3 is 0 Å². The molecule has 0 N–H and O–H groups in total. The summed E-state index contributed by atoms with van der Waals surface area (Å²) >= 11 is 5.72. The zero-order valence-corrected chi connectivity index (χ0v) is 9.84. The van der Waals surface area contributed by atoms with Crippen LogP contribution in [0.25, 0.3) is 0 Å². The van der Waals surface area contributed by atoms with E-state index in [1.54, 1.807) is 4.57 Å². The number of nitrogens with zero attached hydrogens (tertiary/aromatic N) is 2. The molecule has 0 aliphatic heterocycles. The molecule has 0 saturated carbocycles. The van der Waals surface area contributed by atoms with Crippen molar-refractivity contribution in [3.05, 3.63) is 39.5 Å². The van der Waals surface area contributed by atoms with Crippen molar-refractivity contribution >= 4 is 11.6 Å². The minimum absolute atomic E-state index is 0.0897. The molecule has 4 heteroatoms. The van der Waals surface area contributed by atoms with Gasteiger partial charge in [-0.2, -0.15) is 0 Å². The van der Waals surface area contributed by atoms with Crippen molar-refractivity contribution in [1.29, 1.82) is 0 Å². The first-order valence-electron chi connectivity index (χ1n) is 4.95. The number of hydrogen-bond donors (Lipinski definition) is 0. The molecule has 0 saturated heterocycles. The smallest absolute Gasteiger partial charge is 0.254 e. The molecule has 0 bridgehead atoms. The molecule has 15 heavy (non-hydrogen) atoms. The van der Waals surface area contributed by atoms with Gasteiger partial charge in [-0.15, -0.1) is 6.58 Å². The zero-order valence-electron chi connectivity index (χ0n) is 9.09. The van der Waals surface area contributed by atoms with Crippen LogP contribution < -0.4 is 5.56 Å². The molecule has 0 unspecified atom stereocenters. The molecule has 0 spiro atoms. The van der Waals surface area contributed by atoms with Gasteiger partial charge in [0.2, 0.25) is 0 Å². The summed E-state index contributed by atoms with van der Waals surface area (Å²) in [7, 11) is 0. The summed E-state index contributed by atoms with van der Waals surface area (Å²) in [5.41, 5.74) is 0.965. The molecule has 1 aromatic heterocycles. The Balaban J connectivity index is 3.04. The molecule has 0 atom stereocenters. The Labute approximate surface area is 94.4 Å². The van der Waals surface area contributed by atoms with Crippen molar-refractivity contribution in [3.63, 3.8) is 0 Å². The molecule has 0 aliphatic rings. The summed E-state index contributed by atoms with van der Waals surface area (Å²) in [5, 5.41) is 0.267. The highest BCUT2D eigenvalue weighted by molar-refractivity contribution is 6.29. The fourth-order valence-electron chi connectivity index (χ4n) is 1.33. The molecule has 1 heterocycles. The van der Waals surface area contributed by atoms with Crippen LogP contribution in [0.15, 0.2) is 23.0 Å². The van der Waals surface area contributed by atoms with Crippen molar-refractivity contribution in [1.82, 2.24) is 9.55 Å². The van der Waals surface area contributed by atoms with Gasteiger partial charge in [0.1, 0.15) is 11.0 Å². The number of aryl methyl sites for hydroxylation is 1. The van der Waals surface area contributed by atoms with E-state index in [9.17, 15) is 4.79 Å². The van der Waals surface area contributed by atoms with Gasteiger partial charge in [-0.25, -0.2) is 4.98 Å². The maximum atomic E-state index is 11.6. The van der Waals surface area contributed by atoms with E-state index in [4.69, 9.17) is 11.6 Å². The Morgan fingerprint density at radius 1 is 1.67 bits per heavy atom. The van der Waals surface area contributed by atoms with E-state index >= 15 is 0 Å². The van der Waals surface area contributed by atoms with Gasteiger partial charge in [0, 0.05) is 19.0 Å². The van der Waals surface area contributed by atoms with Crippen LogP contribution in [0.3, 0.4) is 0 Å². The van der Waals surface area contributed by atoms with Crippen LogP contribution in [0, 0.1) is 0 Å². The van der Waals surface area contributed by atoms with Crippen LogP contribution in [0.5, 0.6) is 0 Å².